The van der Waals surface area contributed by atoms with E-state index < -0.39 is 0 Å². The van der Waals surface area contributed by atoms with Crippen LogP contribution in [0.15, 0.2) is 66.3 Å². The summed E-state index contributed by atoms with van der Waals surface area (Å²) in [5.74, 6) is 0.796. The topological polar surface area (TPSA) is 35.1 Å². The molecule has 0 N–H and O–H groups in total. The Morgan fingerprint density at radius 3 is 2.83 bits per heavy atom. The van der Waals surface area contributed by atoms with Crippen molar-refractivity contribution in [2.75, 3.05) is 0 Å². The van der Waals surface area contributed by atoms with Crippen molar-refractivity contribution >= 4 is 17.4 Å². The van der Waals surface area contributed by atoms with E-state index in [9.17, 15) is 0 Å². The molecule has 0 spiro atoms. The van der Waals surface area contributed by atoms with Gasteiger partial charge in [0.2, 0.25) is 0 Å². The number of aryl methyl sites for hydroxylation is 2. The van der Waals surface area contributed by atoms with Gasteiger partial charge in [-0.1, -0.05) is 30.0 Å². The zero-order valence-electron chi connectivity index (χ0n) is 13.7. The molecule has 0 aliphatic rings. The van der Waals surface area contributed by atoms with Crippen molar-refractivity contribution in [3.63, 3.8) is 0 Å². The average Bonchev–Trinajstić information content (AvgIpc) is 3.20. The van der Waals surface area contributed by atoms with Gasteiger partial charge in [-0.15, -0.1) is 0 Å². The van der Waals surface area contributed by atoms with Gasteiger partial charge in [0.15, 0.2) is 5.16 Å². The van der Waals surface area contributed by atoms with Gasteiger partial charge < -0.3 is 4.40 Å². The van der Waals surface area contributed by atoms with Gasteiger partial charge in [0.25, 0.3) is 0 Å². The summed E-state index contributed by atoms with van der Waals surface area (Å²) in [5, 5.41) is 0.981. The molecule has 0 saturated heterocycles. The molecule has 0 bridgehead atoms. The third-order valence-corrected chi connectivity index (χ3v) is 4.96. The van der Waals surface area contributed by atoms with Gasteiger partial charge in [-0.2, -0.15) is 0 Å². The maximum absolute atomic E-state index is 4.73. The van der Waals surface area contributed by atoms with Gasteiger partial charge in [0.05, 0.1) is 5.69 Å². The highest BCUT2D eigenvalue weighted by atomic mass is 32.2. The van der Waals surface area contributed by atoms with Crippen LogP contribution in [-0.2, 0) is 5.75 Å². The second kappa shape index (κ2) is 6.17. The van der Waals surface area contributed by atoms with Crippen molar-refractivity contribution in [2.45, 2.75) is 24.8 Å². The molecule has 3 heterocycles. The molecule has 3 aromatic heterocycles. The molecule has 1 aromatic carbocycles. The van der Waals surface area contributed by atoms with Crippen LogP contribution in [0.25, 0.3) is 11.3 Å². The molecule has 24 heavy (non-hydrogen) atoms. The van der Waals surface area contributed by atoms with Crippen LogP contribution in [0.1, 0.15) is 16.8 Å². The normalized spacial score (nSPS) is 11.2. The third-order valence-electron chi connectivity index (χ3n) is 3.96. The lowest BCUT2D eigenvalue weighted by atomic mass is 10.2. The molecule has 0 amide bonds. The molecule has 4 nitrogen and oxygen atoms in total. The molecule has 4 rings (SSSR count). The molecule has 0 saturated carbocycles. The SMILES string of the molecule is Cc1cccc(-n2ccnc2SCc2cn3cccc(C)c3n2)c1. The quantitative estimate of drug-likeness (QED) is 0.518. The Bertz CT molecular complexity index is 999. The monoisotopic (exact) mass is 334 g/mol. The fourth-order valence-corrected chi connectivity index (χ4v) is 3.64. The molecule has 4 aromatic rings. The average molecular weight is 334 g/mol. The van der Waals surface area contributed by atoms with Crippen LogP contribution in [-0.4, -0.2) is 18.9 Å². The van der Waals surface area contributed by atoms with Gasteiger partial charge in [-0.05, 0) is 43.2 Å². The first-order chi connectivity index (χ1) is 11.7. The highest BCUT2D eigenvalue weighted by molar-refractivity contribution is 7.98. The summed E-state index contributed by atoms with van der Waals surface area (Å²) in [6, 6.07) is 12.6. The fraction of sp³-hybridized carbons (Fsp3) is 0.158. The Morgan fingerprint density at radius 2 is 2.00 bits per heavy atom. The third kappa shape index (κ3) is 2.83. The molecule has 5 heteroatoms. The van der Waals surface area contributed by atoms with E-state index in [4.69, 9.17) is 4.98 Å². The maximum atomic E-state index is 4.73. The van der Waals surface area contributed by atoms with Crippen LogP contribution >= 0.6 is 11.8 Å². The fourth-order valence-electron chi connectivity index (χ4n) is 2.78. The van der Waals surface area contributed by atoms with Crippen molar-refractivity contribution in [3.8, 4) is 5.69 Å². The van der Waals surface area contributed by atoms with Crippen LogP contribution in [0.4, 0.5) is 0 Å². The van der Waals surface area contributed by atoms with Gasteiger partial charge in [-0.25, -0.2) is 9.97 Å². The standard InChI is InChI=1S/C19H18N4S/c1-14-5-3-7-17(11-14)23-10-8-20-19(23)24-13-16-12-22-9-4-6-15(2)18(22)21-16/h3-12H,13H2,1-2H3. The van der Waals surface area contributed by atoms with E-state index in [0.717, 1.165) is 27.9 Å². The van der Waals surface area contributed by atoms with Crippen molar-refractivity contribution in [2.24, 2.45) is 0 Å². The number of aromatic nitrogens is 4. The summed E-state index contributed by atoms with van der Waals surface area (Å²) < 4.78 is 4.21. The number of thioether (sulfide) groups is 1. The van der Waals surface area contributed by atoms with Crippen molar-refractivity contribution in [1.82, 2.24) is 18.9 Å². The molecule has 120 valence electrons. The first kappa shape index (κ1) is 15.0. The van der Waals surface area contributed by atoms with E-state index >= 15 is 0 Å². The Labute approximate surface area is 145 Å². The van der Waals surface area contributed by atoms with Crippen molar-refractivity contribution in [3.05, 3.63) is 78.0 Å². The summed E-state index contributed by atoms with van der Waals surface area (Å²) in [7, 11) is 0. The second-order valence-electron chi connectivity index (χ2n) is 5.86. The first-order valence-electron chi connectivity index (χ1n) is 7.87. The minimum absolute atomic E-state index is 0.796. The maximum Gasteiger partial charge on any atom is 0.172 e. The Kier molecular flexibility index (Phi) is 3.86. The molecule has 0 aliphatic carbocycles. The van der Waals surface area contributed by atoms with Crippen molar-refractivity contribution in [1.29, 1.82) is 0 Å². The molecular weight excluding hydrogens is 316 g/mol. The number of fused-ring (bicyclic) bond motifs is 1. The van der Waals surface area contributed by atoms with Crippen LogP contribution in [0, 0.1) is 13.8 Å². The summed E-state index contributed by atoms with van der Waals surface area (Å²) in [4.78, 5) is 9.23. The molecule has 0 atom stereocenters. The van der Waals surface area contributed by atoms with Gasteiger partial charge in [-0.3, -0.25) is 4.57 Å². The van der Waals surface area contributed by atoms with E-state index in [1.807, 2.05) is 24.7 Å². The Morgan fingerprint density at radius 1 is 1.08 bits per heavy atom. The number of hydrogen-bond donors (Lipinski definition) is 0. The molecule has 0 radical (unpaired) electrons. The van der Waals surface area contributed by atoms with Crippen LogP contribution in [0.2, 0.25) is 0 Å². The number of rotatable bonds is 4. The van der Waals surface area contributed by atoms with Crippen LogP contribution in [0.3, 0.4) is 0 Å². The Hall–Kier alpha value is -2.53. The summed E-state index contributed by atoms with van der Waals surface area (Å²) >= 11 is 1.70. The highest BCUT2D eigenvalue weighted by Crippen LogP contribution is 2.24. The molecule has 0 fully saturated rings. The second-order valence-corrected chi connectivity index (χ2v) is 6.80. The highest BCUT2D eigenvalue weighted by Gasteiger charge is 2.09. The zero-order chi connectivity index (χ0) is 16.5. The lowest BCUT2D eigenvalue weighted by Crippen LogP contribution is -1.95. The zero-order valence-corrected chi connectivity index (χ0v) is 14.5. The predicted octanol–water partition coefficient (Wildman–Crippen LogP) is 4.43. The predicted molar refractivity (Wildman–Crippen MR) is 97.8 cm³/mol. The van der Waals surface area contributed by atoms with Crippen LogP contribution < -0.4 is 0 Å². The van der Waals surface area contributed by atoms with Gasteiger partial charge >= 0.3 is 0 Å². The van der Waals surface area contributed by atoms with E-state index in [-0.39, 0.29) is 0 Å². The summed E-state index contributed by atoms with van der Waals surface area (Å²) in [5.41, 5.74) is 5.66. The Balaban J connectivity index is 1.58. The largest absolute Gasteiger partial charge is 0.307 e. The van der Waals surface area contributed by atoms with Crippen LogP contribution in [0.5, 0.6) is 0 Å². The smallest absolute Gasteiger partial charge is 0.172 e. The van der Waals surface area contributed by atoms with Gasteiger partial charge in [0.1, 0.15) is 5.65 Å². The minimum Gasteiger partial charge on any atom is -0.307 e. The number of pyridine rings is 1. The van der Waals surface area contributed by atoms with E-state index in [1.54, 1.807) is 11.8 Å². The first-order valence-corrected chi connectivity index (χ1v) is 8.86. The molecule has 0 aliphatic heterocycles. The van der Waals surface area contributed by atoms with Gasteiger partial charge in [0, 0.05) is 36.2 Å². The lowest BCUT2D eigenvalue weighted by Gasteiger charge is -2.07. The summed E-state index contributed by atoms with van der Waals surface area (Å²) in [6.45, 7) is 4.19. The summed E-state index contributed by atoms with van der Waals surface area (Å²) in [6.07, 6.45) is 7.98. The van der Waals surface area contributed by atoms with Crippen molar-refractivity contribution < 1.29 is 0 Å². The number of hydrogen-bond acceptors (Lipinski definition) is 3. The minimum atomic E-state index is 0.796. The van der Waals surface area contributed by atoms with E-state index in [1.165, 1.54) is 11.1 Å². The molecular formula is C19H18N4S. The number of benzene rings is 1. The van der Waals surface area contributed by atoms with E-state index in [2.05, 4.69) is 64.3 Å². The number of nitrogens with zero attached hydrogens (tertiary/aromatic N) is 4. The van der Waals surface area contributed by atoms with E-state index in [0.29, 0.717) is 0 Å². The lowest BCUT2D eigenvalue weighted by molar-refractivity contribution is 0.893. The molecule has 0 unspecified atom stereocenters. The number of imidazole rings is 2.